The number of carbonyl (C=O) groups is 1. The van der Waals surface area contributed by atoms with Crippen molar-refractivity contribution in [1.29, 1.82) is 0 Å². The fourth-order valence-corrected chi connectivity index (χ4v) is 1.74. The Labute approximate surface area is 129 Å². The maximum Gasteiger partial charge on any atom is 0.277 e. The Morgan fingerprint density at radius 1 is 1.05 bits per heavy atom. The molecular weight excluding hydrogens is 280 g/mol. The number of rotatable bonds is 6. The Morgan fingerprint density at radius 3 is 2.32 bits per heavy atom. The summed E-state index contributed by atoms with van der Waals surface area (Å²) in [6.07, 6.45) is 0. The van der Waals surface area contributed by atoms with E-state index in [1.54, 1.807) is 31.4 Å². The maximum absolute atomic E-state index is 11.7. The van der Waals surface area contributed by atoms with Crippen LogP contribution in [0.4, 0.5) is 0 Å². The van der Waals surface area contributed by atoms with Crippen molar-refractivity contribution >= 4 is 11.6 Å². The Morgan fingerprint density at radius 2 is 1.68 bits per heavy atom. The first kappa shape index (κ1) is 15.6. The molecular formula is C17H18N2O3. The number of amides is 1. The van der Waals surface area contributed by atoms with Gasteiger partial charge < -0.3 is 9.47 Å². The van der Waals surface area contributed by atoms with Crippen LogP contribution < -0.4 is 14.9 Å². The first-order valence-corrected chi connectivity index (χ1v) is 6.84. The lowest BCUT2D eigenvalue weighted by Crippen LogP contribution is -2.25. The number of hydrazone groups is 1. The molecule has 0 saturated carbocycles. The van der Waals surface area contributed by atoms with E-state index in [0.29, 0.717) is 5.75 Å². The molecule has 114 valence electrons. The first-order chi connectivity index (χ1) is 10.7. The van der Waals surface area contributed by atoms with Crippen LogP contribution in [0.2, 0.25) is 0 Å². The third kappa shape index (κ3) is 4.63. The molecule has 0 atom stereocenters. The first-order valence-electron chi connectivity index (χ1n) is 6.84. The highest BCUT2D eigenvalue weighted by atomic mass is 16.5. The molecule has 0 bridgehead atoms. The molecule has 0 aliphatic heterocycles. The highest BCUT2D eigenvalue weighted by Gasteiger charge is 2.03. The number of carbonyl (C=O) groups excluding carboxylic acids is 1. The van der Waals surface area contributed by atoms with Crippen molar-refractivity contribution in [2.45, 2.75) is 6.92 Å². The number of methoxy groups -OCH3 is 1. The van der Waals surface area contributed by atoms with E-state index in [9.17, 15) is 4.79 Å². The molecule has 0 aromatic heterocycles. The quantitative estimate of drug-likeness (QED) is 0.659. The molecule has 22 heavy (non-hydrogen) atoms. The molecule has 1 N–H and O–H groups in total. The fraction of sp³-hybridized carbons (Fsp3) is 0.176. The van der Waals surface area contributed by atoms with Gasteiger partial charge in [0.25, 0.3) is 5.91 Å². The smallest absolute Gasteiger partial charge is 0.277 e. The van der Waals surface area contributed by atoms with E-state index < -0.39 is 0 Å². The summed E-state index contributed by atoms with van der Waals surface area (Å²) in [6, 6.07) is 16.6. The van der Waals surface area contributed by atoms with Crippen LogP contribution in [0.5, 0.6) is 11.5 Å². The van der Waals surface area contributed by atoms with E-state index >= 15 is 0 Å². The molecule has 2 rings (SSSR count). The van der Waals surface area contributed by atoms with Crippen molar-refractivity contribution in [3.8, 4) is 11.5 Å². The minimum atomic E-state index is -0.314. The van der Waals surface area contributed by atoms with Gasteiger partial charge in [0.15, 0.2) is 6.61 Å². The van der Waals surface area contributed by atoms with Gasteiger partial charge in [0.05, 0.1) is 12.8 Å². The molecule has 0 radical (unpaired) electrons. The van der Waals surface area contributed by atoms with Crippen molar-refractivity contribution in [2.75, 3.05) is 13.7 Å². The zero-order valence-corrected chi connectivity index (χ0v) is 12.6. The van der Waals surface area contributed by atoms with Gasteiger partial charge in [-0.25, -0.2) is 5.43 Å². The lowest BCUT2D eigenvalue weighted by atomic mass is 10.1. The third-order valence-corrected chi connectivity index (χ3v) is 2.97. The van der Waals surface area contributed by atoms with Crippen molar-refractivity contribution < 1.29 is 14.3 Å². The summed E-state index contributed by atoms with van der Waals surface area (Å²) in [4.78, 5) is 11.7. The molecule has 2 aromatic carbocycles. The largest absolute Gasteiger partial charge is 0.497 e. The molecule has 0 aliphatic carbocycles. The summed E-state index contributed by atoms with van der Waals surface area (Å²) >= 11 is 0. The maximum atomic E-state index is 11.7. The highest BCUT2D eigenvalue weighted by molar-refractivity contribution is 5.99. The summed E-state index contributed by atoms with van der Waals surface area (Å²) in [5.74, 6) is 1.02. The molecule has 0 fully saturated rings. The Hall–Kier alpha value is -2.82. The topological polar surface area (TPSA) is 59.9 Å². The van der Waals surface area contributed by atoms with Crippen LogP contribution in [0.25, 0.3) is 0 Å². The SMILES string of the molecule is COc1ccc(OCC(=O)NN=C(C)c2ccccc2)cc1. The van der Waals surface area contributed by atoms with Gasteiger partial charge in [-0.15, -0.1) is 0 Å². The van der Waals surface area contributed by atoms with E-state index in [1.807, 2.05) is 37.3 Å². The summed E-state index contributed by atoms with van der Waals surface area (Å²) in [5.41, 5.74) is 4.16. The molecule has 2 aromatic rings. The average Bonchev–Trinajstić information content (AvgIpc) is 2.59. The van der Waals surface area contributed by atoms with E-state index in [2.05, 4.69) is 10.5 Å². The van der Waals surface area contributed by atoms with Crippen LogP contribution in [-0.4, -0.2) is 25.3 Å². The minimum Gasteiger partial charge on any atom is -0.497 e. The normalized spacial score (nSPS) is 10.9. The standard InChI is InChI=1S/C17H18N2O3/c1-13(14-6-4-3-5-7-14)18-19-17(20)12-22-16-10-8-15(21-2)9-11-16/h3-11H,12H2,1-2H3,(H,19,20). The second-order valence-electron chi connectivity index (χ2n) is 4.56. The van der Waals surface area contributed by atoms with Gasteiger partial charge >= 0.3 is 0 Å². The van der Waals surface area contributed by atoms with Gasteiger partial charge in [-0.3, -0.25) is 4.79 Å². The minimum absolute atomic E-state index is 0.0993. The third-order valence-electron chi connectivity index (χ3n) is 2.97. The predicted molar refractivity (Wildman–Crippen MR) is 85.3 cm³/mol. The van der Waals surface area contributed by atoms with Crippen LogP contribution >= 0.6 is 0 Å². The molecule has 5 heteroatoms. The highest BCUT2D eigenvalue weighted by Crippen LogP contribution is 2.16. The monoisotopic (exact) mass is 298 g/mol. The molecule has 0 spiro atoms. The van der Waals surface area contributed by atoms with Gasteiger partial charge in [-0.2, -0.15) is 5.10 Å². The van der Waals surface area contributed by atoms with E-state index in [4.69, 9.17) is 9.47 Å². The Balaban J connectivity index is 1.82. The molecule has 1 amide bonds. The summed E-state index contributed by atoms with van der Waals surface area (Å²) in [7, 11) is 1.59. The van der Waals surface area contributed by atoms with Crippen LogP contribution in [0.15, 0.2) is 59.7 Å². The Bertz CT molecular complexity index is 637. The van der Waals surface area contributed by atoms with Crippen molar-refractivity contribution in [1.82, 2.24) is 5.43 Å². The van der Waals surface area contributed by atoms with Gasteiger partial charge in [0.2, 0.25) is 0 Å². The lowest BCUT2D eigenvalue weighted by molar-refractivity contribution is -0.123. The summed E-state index contributed by atoms with van der Waals surface area (Å²) < 4.78 is 10.4. The van der Waals surface area contributed by atoms with Crippen molar-refractivity contribution in [3.63, 3.8) is 0 Å². The van der Waals surface area contributed by atoms with E-state index in [0.717, 1.165) is 17.0 Å². The zero-order chi connectivity index (χ0) is 15.8. The van der Waals surface area contributed by atoms with Gasteiger partial charge in [0, 0.05) is 0 Å². The molecule has 0 aliphatic rings. The van der Waals surface area contributed by atoms with Gasteiger partial charge in [-0.05, 0) is 36.8 Å². The van der Waals surface area contributed by atoms with Crippen molar-refractivity contribution in [3.05, 3.63) is 60.2 Å². The number of nitrogens with zero attached hydrogens (tertiary/aromatic N) is 1. The van der Waals surface area contributed by atoms with Gasteiger partial charge in [0.1, 0.15) is 11.5 Å². The van der Waals surface area contributed by atoms with Crippen molar-refractivity contribution in [2.24, 2.45) is 5.10 Å². The van der Waals surface area contributed by atoms with E-state index in [1.165, 1.54) is 0 Å². The second kappa shape index (κ2) is 7.83. The number of hydrogen-bond acceptors (Lipinski definition) is 4. The number of ether oxygens (including phenoxy) is 2. The molecule has 5 nitrogen and oxygen atoms in total. The number of nitrogens with one attached hydrogen (secondary N) is 1. The van der Waals surface area contributed by atoms with Crippen LogP contribution in [0, 0.1) is 0 Å². The molecule has 0 unspecified atom stereocenters. The summed E-state index contributed by atoms with van der Waals surface area (Å²) in [5, 5.41) is 4.05. The molecule has 0 heterocycles. The second-order valence-corrected chi connectivity index (χ2v) is 4.56. The average molecular weight is 298 g/mol. The van der Waals surface area contributed by atoms with Crippen LogP contribution in [-0.2, 0) is 4.79 Å². The number of hydrogen-bond donors (Lipinski definition) is 1. The molecule has 0 saturated heterocycles. The predicted octanol–water partition coefficient (Wildman–Crippen LogP) is 2.61. The van der Waals surface area contributed by atoms with Crippen LogP contribution in [0.3, 0.4) is 0 Å². The fourth-order valence-electron chi connectivity index (χ4n) is 1.74. The summed E-state index contributed by atoms with van der Waals surface area (Å²) in [6.45, 7) is 1.73. The lowest BCUT2D eigenvalue weighted by Gasteiger charge is -2.06. The Kier molecular flexibility index (Phi) is 5.54. The van der Waals surface area contributed by atoms with Crippen LogP contribution in [0.1, 0.15) is 12.5 Å². The zero-order valence-electron chi connectivity index (χ0n) is 12.6. The van der Waals surface area contributed by atoms with E-state index in [-0.39, 0.29) is 12.5 Å². The van der Waals surface area contributed by atoms with Gasteiger partial charge in [-0.1, -0.05) is 30.3 Å². The number of benzene rings is 2.